The fourth-order valence-corrected chi connectivity index (χ4v) is 2.24. The third kappa shape index (κ3) is 3.85. The molecule has 0 aromatic heterocycles. The molecule has 0 aliphatic rings. The molecule has 0 aliphatic heterocycles. The molecule has 0 radical (unpaired) electrons. The van der Waals surface area contributed by atoms with Crippen LogP contribution in [0.15, 0.2) is 24.3 Å². The molecule has 1 atom stereocenters. The van der Waals surface area contributed by atoms with Gasteiger partial charge in [-0.3, -0.25) is 0 Å². The number of benzene rings is 1. The van der Waals surface area contributed by atoms with Crippen molar-refractivity contribution in [1.82, 2.24) is 0 Å². The molecule has 1 nitrogen and oxygen atoms in total. The van der Waals surface area contributed by atoms with E-state index in [9.17, 15) is 5.11 Å². The van der Waals surface area contributed by atoms with Crippen molar-refractivity contribution in [3.63, 3.8) is 0 Å². The summed E-state index contributed by atoms with van der Waals surface area (Å²) in [6, 6.07) is 8.38. The van der Waals surface area contributed by atoms with E-state index in [2.05, 4.69) is 58.9 Å². The van der Waals surface area contributed by atoms with Crippen LogP contribution in [0.5, 0.6) is 0 Å². The Morgan fingerprint density at radius 2 is 1.35 bits per heavy atom. The van der Waals surface area contributed by atoms with Crippen LogP contribution in [-0.2, 0) is 11.0 Å². The van der Waals surface area contributed by atoms with Crippen LogP contribution in [-0.4, -0.2) is 5.11 Å². The zero-order chi connectivity index (χ0) is 13.3. The lowest BCUT2D eigenvalue weighted by atomic mass is 9.83. The van der Waals surface area contributed by atoms with Crippen LogP contribution in [0.2, 0.25) is 0 Å². The van der Waals surface area contributed by atoms with E-state index in [0.717, 1.165) is 12.0 Å². The molecule has 17 heavy (non-hydrogen) atoms. The Bertz CT molecular complexity index is 352. The predicted molar refractivity (Wildman–Crippen MR) is 74.2 cm³/mol. The standard InChI is InChI=1S/C16H26O/c1-12(2)11-16(6,17)14-9-7-13(8-10-14)15(3,4)5/h7-10,12,17H,11H2,1-6H3. The maximum atomic E-state index is 10.4. The number of hydrogen-bond donors (Lipinski definition) is 1. The van der Waals surface area contributed by atoms with E-state index < -0.39 is 5.60 Å². The average molecular weight is 234 g/mol. The minimum atomic E-state index is -0.718. The molecular formula is C16H26O. The van der Waals surface area contributed by atoms with E-state index in [1.165, 1.54) is 5.56 Å². The molecule has 1 N–H and O–H groups in total. The van der Waals surface area contributed by atoms with Crippen molar-refractivity contribution in [3.8, 4) is 0 Å². The molecule has 1 aromatic rings. The zero-order valence-corrected chi connectivity index (χ0v) is 12.0. The van der Waals surface area contributed by atoms with Crippen LogP contribution in [0.3, 0.4) is 0 Å². The summed E-state index contributed by atoms with van der Waals surface area (Å²) in [5, 5.41) is 10.4. The summed E-state index contributed by atoms with van der Waals surface area (Å²) in [6.07, 6.45) is 0.794. The van der Waals surface area contributed by atoms with Gasteiger partial charge in [-0.2, -0.15) is 0 Å². The number of aliphatic hydroxyl groups is 1. The Hall–Kier alpha value is -0.820. The highest BCUT2D eigenvalue weighted by Crippen LogP contribution is 2.30. The first kappa shape index (κ1) is 14.2. The fourth-order valence-electron chi connectivity index (χ4n) is 2.24. The van der Waals surface area contributed by atoms with Gasteiger partial charge in [-0.15, -0.1) is 0 Å². The summed E-state index contributed by atoms with van der Waals surface area (Å²) in [6.45, 7) is 12.8. The SMILES string of the molecule is CC(C)CC(C)(O)c1ccc(C(C)(C)C)cc1. The molecule has 1 aromatic carbocycles. The maximum absolute atomic E-state index is 10.4. The molecule has 1 rings (SSSR count). The molecule has 0 amide bonds. The number of rotatable bonds is 3. The summed E-state index contributed by atoms with van der Waals surface area (Å²) in [5.41, 5.74) is 1.77. The van der Waals surface area contributed by atoms with Gasteiger partial charge < -0.3 is 5.11 Å². The monoisotopic (exact) mass is 234 g/mol. The molecule has 0 spiro atoms. The summed E-state index contributed by atoms with van der Waals surface area (Å²) in [5.74, 6) is 0.493. The van der Waals surface area contributed by atoms with Gasteiger partial charge in [0.05, 0.1) is 5.60 Å². The van der Waals surface area contributed by atoms with E-state index in [1.807, 2.05) is 6.92 Å². The van der Waals surface area contributed by atoms with Crippen LogP contribution >= 0.6 is 0 Å². The summed E-state index contributed by atoms with van der Waals surface area (Å²) in [7, 11) is 0. The molecule has 96 valence electrons. The third-order valence-corrected chi connectivity index (χ3v) is 3.18. The minimum Gasteiger partial charge on any atom is -0.385 e. The summed E-state index contributed by atoms with van der Waals surface area (Å²) >= 11 is 0. The average Bonchev–Trinajstić information content (AvgIpc) is 2.14. The Morgan fingerprint density at radius 3 is 1.71 bits per heavy atom. The van der Waals surface area contributed by atoms with E-state index in [4.69, 9.17) is 0 Å². The molecule has 1 unspecified atom stereocenters. The zero-order valence-electron chi connectivity index (χ0n) is 12.0. The van der Waals surface area contributed by atoms with E-state index >= 15 is 0 Å². The highest BCUT2D eigenvalue weighted by molar-refractivity contribution is 5.30. The second kappa shape index (κ2) is 4.81. The van der Waals surface area contributed by atoms with Crippen LogP contribution in [0.1, 0.15) is 59.1 Å². The Balaban J connectivity index is 2.94. The lowest BCUT2D eigenvalue weighted by Gasteiger charge is -2.27. The van der Waals surface area contributed by atoms with Gasteiger partial charge in [-0.05, 0) is 35.8 Å². The molecular weight excluding hydrogens is 208 g/mol. The van der Waals surface area contributed by atoms with Crippen LogP contribution < -0.4 is 0 Å². The van der Waals surface area contributed by atoms with Gasteiger partial charge in [0.2, 0.25) is 0 Å². The smallest absolute Gasteiger partial charge is 0.0871 e. The van der Waals surface area contributed by atoms with Crippen molar-refractivity contribution in [1.29, 1.82) is 0 Å². The first-order valence-electron chi connectivity index (χ1n) is 6.46. The van der Waals surface area contributed by atoms with E-state index in [0.29, 0.717) is 5.92 Å². The van der Waals surface area contributed by atoms with Gasteiger partial charge in [0.25, 0.3) is 0 Å². The topological polar surface area (TPSA) is 20.2 Å². The predicted octanol–water partition coefficient (Wildman–Crippen LogP) is 4.24. The van der Waals surface area contributed by atoms with Crippen molar-refractivity contribution < 1.29 is 5.11 Å². The van der Waals surface area contributed by atoms with Gasteiger partial charge >= 0.3 is 0 Å². The van der Waals surface area contributed by atoms with Crippen molar-refractivity contribution in [2.24, 2.45) is 5.92 Å². The van der Waals surface area contributed by atoms with Gasteiger partial charge in [-0.25, -0.2) is 0 Å². The van der Waals surface area contributed by atoms with Crippen LogP contribution in [0.25, 0.3) is 0 Å². The van der Waals surface area contributed by atoms with Gasteiger partial charge in [0.1, 0.15) is 0 Å². The molecule has 0 bridgehead atoms. The number of hydrogen-bond acceptors (Lipinski definition) is 1. The Labute approximate surface area is 106 Å². The van der Waals surface area contributed by atoms with Crippen molar-refractivity contribution in [2.75, 3.05) is 0 Å². The highest BCUT2D eigenvalue weighted by Gasteiger charge is 2.24. The fraction of sp³-hybridized carbons (Fsp3) is 0.625. The van der Waals surface area contributed by atoms with Crippen molar-refractivity contribution in [2.45, 2.75) is 59.0 Å². The summed E-state index contributed by atoms with van der Waals surface area (Å²) < 4.78 is 0. The first-order valence-corrected chi connectivity index (χ1v) is 6.46. The van der Waals surface area contributed by atoms with Crippen molar-refractivity contribution >= 4 is 0 Å². The largest absolute Gasteiger partial charge is 0.385 e. The lowest BCUT2D eigenvalue weighted by Crippen LogP contribution is -2.23. The first-order chi connectivity index (χ1) is 7.63. The molecule has 0 fully saturated rings. The van der Waals surface area contributed by atoms with Gasteiger partial charge in [-0.1, -0.05) is 58.9 Å². The normalized spacial score (nSPS) is 16.0. The quantitative estimate of drug-likeness (QED) is 0.829. The second-order valence-electron chi connectivity index (χ2n) is 6.70. The van der Waals surface area contributed by atoms with Gasteiger partial charge in [0.15, 0.2) is 0 Å². The van der Waals surface area contributed by atoms with E-state index in [-0.39, 0.29) is 5.41 Å². The molecule has 0 saturated heterocycles. The Kier molecular flexibility index (Phi) is 4.03. The summed E-state index contributed by atoms with van der Waals surface area (Å²) in [4.78, 5) is 0. The maximum Gasteiger partial charge on any atom is 0.0871 e. The molecule has 1 heteroatoms. The van der Waals surface area contributed by atoms with Crippen molar-refractivity contribution in [3.05, 3.63) is 35.4 Å². The highest BCUT2D eigenvalue weighted by atomic mass is 16.3. The molecule has 0 aliphatic carbocycles. The molecule has 0 heterocycles. The van der Waals surface area contributed by atoms with Crippen LogP contribution in [0.4, 0.5) is 0 Å². The second-order valence-corrected chi connectivity index (χ2v) is 6.70. The Morgan fingerprint density at radius 1 is 0.941 bits per heavy atom. The van der Waals surface area contributed by atoms with E-state index in [1.54, 1.807) is 0 Å². The lowest BCUT2D eigenvalue weighted by molar-refractivity contribution is 0.0348. The molecule has 0 saturated carbocycles. The minimum absolute atomic E-state index is 0.169. The van der Waals surface area contributed by atoms with Crippen LogP contribution in [0, 0.1) is 5.92 Å². The van der Waals surface area contributed by atoms with Gasteiger partial charge in [0, 0.05) is 0 Å². The third-order valence-electron chi connectivity index (χ3n) is 3.18.